The van der Waals surface area contributed by atoms with E-state index in [0.29, 0.717) is 18.2 Å². The van der Waals surface area contributed by atoms with Crippen LogP contribution in [0, 0.1) is 5.92 Å². The molecule has 1 aliphatic rings. The van der Waals surface area contributed by atoms with E-state index in [2.05, 4.69) is 17.3 Å². The predicted octanol–water partition coefficient (Wildman–Crippen LogP) is 1.09. The van der Waals surface area contributed by atoms with Crippen LogP contribution in [0.15, 0.2) is 12.3 Å². The summed E-state index contributed by atoms with van der Waals surface area (Å²) < 4.78 is 1.59. The molecule has 2 N–H and O–H groups in total. The Morgan fingerprint density at radius 3 is 3.11 bits per heavy atom. The lowest BCUT2D eigenvalue weighted by molar-refractivity contribution is -0.0109. The molecule has 5 heteroatoms. The second kappa shape index (κ2) is 5.10. The van der Waals surface area contributed by atoms with E-state index in [-0.39, 0.29) is 5.91 Å². The van der Waals surface area contributed by atoms with Crippen LogP contribution in [0.2, 0.25) is 0 Å². The third-order valence-electron chi connectivity index (χ3n) is 3.59. The minimum Gasteiger partial charge on any atom is -0.388 e. The highest BCUT2D eigenvalue weighted by Gasteiger charge is 2.33. The van der Waals surface area contributed by atoms with Crippen molar-refractivity contribution in [2.24, 2.45) is 13.0 Å². The summed E-state index contributed by atoms with van der Waals surface area (Å²) in [6, 6.07) is 1.67. The van der Waals surface area contributed by atoms with Gasteiger partial charge in [0.1, 0.15) is 5.69 Å². The molecule has 2 atom stereocenters. The van der Waals surface area contributed by atoms with Crippen LogP contribution in [0.1, 0.15) is 43.1 Å². The Balaban J connectivity index is 1.89. The van der Waals surface area contributed by atoms with Crippen molar-refractivity contribution in [3.8, 4) is 0 Å². The number of carbonyl (C=O) groups is 1. The summed E-state index contributed by atoms with van der Waals surface area (Å²) in [5.74, 6) is 0.303. The van der Waals surface area contributed by atoms with Gasteiger partial charge in [-0.2, -0.15) is 5.10 Å². The van der Waals surface area contributed by atoms with Crippen LogP contribution in [0.3, 0.4) is 0 Å². The normalized spacial score (nSPS) is 28.1. The fraction of sp³-hybridized carbons (Fsp3) is 0.692. The van der Waals surface area contributed by atoms with Crippen molar-refractivity contribution < 1.29 is 9.90 Å². The second-order valence-corrected chi connectivity index (χ2v) is 5.48. The van der Waals surface area contributed by atoms with E-state index in [9.17, 15) is 9.90 Å². The van der Waals surface area contributed by atoms with E-state index in [0.717, 1.165) is 25.7 Å². The van der Waals surface area contributed by atoms with Crippen LogP contribution < -0.4 is 5.32 Å². The van der Waals surface area contributed by atoms with E-state index in [1.54, 1.807) is 24.0 Å². The van der Waals surface area contributed by atoms with Crippen molar-refractivity contribution in [2.45, 2.75) is 38.2 Å². The molecule has 0 bridgehead atoms. The number of aromatic nitrogens is 2. The molecule has 2 unspecified atom stereocenters. The average Bonchev–Trinajstić information content (AvgIpc) is 2.73. The van der Waals surface area contributed by atoms with Crippen molar-refractivity contribution in [2.75, 3.05) is 6.54 Å². The summed E-state index contributed by atoms with van der Waals surface area (Å²) >= 11 is 0. The SMILES string of the molecule is CC1CCCC(O)(CNC(=O)c2ccn(C)n2)C1. The predicted molar refractivity (Wildman–Crippen MR) is 68.1 cm³/mol. The molecule has 1 aliphatic carbocycles. The number of hydrogen-bond acceptors (Lipinski definition) is 3. The molecule has 1 heterocycles. The molecule has 0 saturated heterocycles. The summed E-state index contributed by atoms with van der Waals surface area (Å²) in [7, 11) is 1.77. The first-order chi connectivity index (χ1) is 8.48. The average molecular weight is 251 g/mol. The van der Waals surface area contributed by atoms with Crippen LogP contribution in [0.4, 0.5) is 0 Å². The zero-order valence-corrected chi connectivity index (χ0v) is 11.0. The van der Waals surface area contributed by atoms with Crippen LogP contribution in [0.25, 0.3) is 0 Å². The van der Waals surface area contributed by atoms with Gasteiger partial charge in [-0.05, 0) is 24.8 Å². The molecule has 1 fully saturated rings. The van der Waals surface area contributed by atoms with Crippen molar-refractivity contribution >= 4 is 5.91 Å². The van der Waals surface area contributed by atoms with Gasteiger partial charge in [0.05, 0.1) is 5.60 Å². The summed E-state index contributed by atoms with van der Waals surface area (Å²) in [6.45, 7) is 2.46. The van der Waals surface area contributed by atoms with Gasteiger partial charge in [-0.15, -0.1) is 0 Å². The first kappa shape index (κ1) is 13.1. The lowest BCUT2D eigenvalue weighted by Gasteiger charge is -2.35. The molecule has 0 aliphatic heterocycles. The molecule has 100 valence electrons. The zero-order valence-electron chi connectivity index (χ0n) is 11.0. The van der Waals surface area contributed by atoms with E-state index in [4.69, 9.17) is 0 Å². The number of rotatable bonds is 3. The Bertz CT molecular complexity index is 430. The Labute approximate surface area is 107 Å². The molecule has 1 amide bonds. The summed E-state index contributed by atoms with van der Waals surface area (Å²) in [6.07, 6.45) is 5.44. The van der Waals surface area contributed by atoms with Gasteiger partial charge in [-0.1, -0.05) is 19.8 Å². The number of aryl methyl sites for hydroxylation is 1. The molecule has 1 aromatic heterocycles. The van der Waals surface area contributed by atoms with Gasteiger partial charge in [0.25, 0.3) is 5.91 Å². The Morgan fingerprint density at radius 1 is 1.72 bits per heavy atom. The van der Waals surface area contributed by atoms with Gasteiger partial charge in [0.2, 0.25) is 0 Å². The van der Waals surface area contributed by atoms with Gasteiger partial charge in [0, 0.05) is 19.8 Å². The molecular formula is C13H21N3O2. The third kappa shape index (κ3) is 3.10. The fourth-order valence-corrected chi connectivity index (χ4v) is 2.66. The minimum absolute atomic E-state index is 0.220. The van der Waals surface area contributed by atoms with E-state index >= 15 is 0 Å². The molecule has 0 spiro atoms. The third-order valence-corrected chi connectivity index (χ3v) is 3.59. The largest absolute Gasteiger partial charge is 0.388 e. The standard InChI is InChI=1S/C13H21N3O2/c1-10-4-3-6-13(18,8-10)9-14-12(17)11-5-7-16(2)15-11/h5,7,10,18H,3-4,6,8-9H2,1-2H3,(H,14,17). The molecule has 0 radical (unpaired) electrons. The van der Waals surface area contributed by atoms with Crippen molar-refractivity contribution in [1.82, 2.24) is 15.1 Å². The summed E-state index contributed by atoms with van der Waals surface area (Å²) in [5, 5.41) is 17.2. The van der Waals surface area contributed by atoms with Crippen molar-refractivity contribution in [3.63, 3.8) is 0 Å². The fourth-order valence-electron chi connectivity index (χ4n) is 2.66. The Kier molecular flexibility index (Phi) is 3.71. The molecular weight excluding hydrogens is 230 g/mol. The monoisotopic (exact) mass is 251 g/mol. The van der Waals surface area contributed by atoms with Gasteiger partial charge in [0.15, 0.2) is 0 Å². The second-order valence-electron chi connectivity index (χ2n) is 5.48. The molecule has 1 aromatic rings. The van der Waals surface area contributed by atoms with Crippen molar-refractivity contribution in [3.05, 3.63) is 18.0 Å². The number of amides is 1. The first-order valence-electron chi connectivity index (χ1n) is 6.49. The molecule has 1 saturated carbocycles. The van der Waals surface area contributed by atoms with E-state index in [1.807, 2.05) is 0 Å². The molecule has 5 nitrogen and oxygen atoms in total. The van der Waals surface area contributed by atoms with E-state index < -0.39 is 5.60 Å². The summed E-state index contributed by atoms with van der Waals surface area (Å²) in [5.41, 5.74) is -0.354. The highest BCUT2D eigenvalue weighted by molar-refractivity contribution is 5.92. The van der Waals surface area contributed by atoms with E-state index in [1.165, 1.54) is 0 Å². The highest BCUT2D eigenvalue weighted by Crippen LogP contribution is 2.31. The Morgan fingerprint density at radius 2 is 2.50 bits per heavy atom. The van der Waals surface area contributed by atoms with Crippen LogP contribution >= 0.6 is 0 Å². The smallest absolute Gasteiger partial charge is 0.271 e. The first-order valence-corrected chi connectivity index (χ1v) is 6.49. The van der Waals surface area contributed by atoms with Crippen LogP contribution in [0.5, 0.6) is 0 Å². The summed E-state index contributed by atoms with van der Waals surface area (Å²) in [4.78, 5) is 11.8. The maximum Gasteiger partial charge on any atom is 0.271 e. The quantitative estimate of drug-likeness (QED) is 0.845. The molecule has 0 aromatic carbocycles. The lowest BCUT2D eigenvalue weighted by atomic mass is 9.79. The minimum atomic E-state index is -0.748. The van der Waals surface area contributed by atoms with Gasteiger partial charge >= 0.3 is 0 Å². The Hall–Kier alpha value is -1.36. The number of nitrogens with one attached hydrogen (secondary N) is 1. The highest BCUT2D eigenvalue weighted by atomic mass is 16.3. The number of aliphatic hydroxyl groups is 1. The maximum atomic E-state index is 11.8. The van der Waals surface area contributed by atoms with Gasteiger partial charge < -0.3 is 10.4 Å². The number of nitrogens with zero attached hydrogens (tertiary/aromatic N) is 2. The van der Waals surface area contributed by atoms with Crippen LogP contribution in [-0.4, -0.2) is 32.9 Å². The number of carbonyl (C=O) groups excluding carboxylic acids is 1. The van der Waals surface area contributed by atoms with Gasteiger partial charge in [-0.3, -0.25) is 9.48 Å². The van der Waals surface area contributed by atoms with Crippen molar-refractivity contribution in [1.29, 1.82) is 0 Å². The number of hydrogen-bond donors (Lipinski definition) is 2. The van der Waals surface area contributed by atoms with Gasteiger partial charge in [-0.25, -0.2) is 0 Å². The zero-order chi connectivity index (χ0) is 13.2. The topological polar surface area (TPSA) is 67.2 Å². The maximum absolute atomic E-state index is 11.8. The lowest BCUT2D eigenvalue weighted by Crippen LogP contribution is -2.45. The van der Waals surface area contributed by atoms with Crippen LogP contribution in [-0.2, 0) is 7.05 Å². The molecule has 18 heavy (non-hydrogen) atoms. The molecule has 2 rings (SSSR count).